The lowest BCUT2D eigenvalue weighted by Gasteiger charge is -2.38. The van der Waals surface area contributed by atoms with E-state index >= 15 is 0 Å². The average Bonchev–Trinajstić information content (AvgIpc) is 3.00. The number of rotatable bonds is 4. The van der Waals surface area contributed by atoms with E-state index in [2.05, 4.69) is 28.1 Å². The minimum atomic E-state index is -0.756. The number of anilines is 2. The van der Waals surface area contributed by atoms with E-state index in [1.165, 1.54) is 4.88 Å². The molecule has 2 aliphatic rings. The molecule has 0 radical (unpaired) electrons. The number of nitrogens with zero attached hydrogens (tertiary/aromatic N) is 3. The lowest BCUT2D eigenvalue weighted by atomic mass is 9.93. The topological polar surface area (TPSA) is 77.4 Å². The van der Waals surface area contributed by atoms with Crippen LogP contribution < -0.4 is 10.1 Å². The minimum Gasteiger partial charge on any atom is -0.497 e. The molecule has 2 aromatic rings. The summed E-state index contributed by atoms with van der Waals surface area (Å²) in [5.41, 5.74) is 2.20. The second kappa shape index (κ2) is 7.92. The van der Waals surface area contributed by atoms with Gasteiger partial charge in [0.2, 0.25) is 0 Å². The highest BCUT2D eigenvalue weighted by molar-refractivity contribution is 7.16. The predicted molar refractivity (Wildman–Crippen MR) is 121 cm³/mol. The zero-order valence-corrected chi connectivity index (χ0v) is 18.7. The highest BCUT2D eigenvalue weighted by atomic mass is 32.1. The minimum absolute atomic E-state index is 0.549. The number of hydrogen-bond donors (Lipinski definition) is 2. The quantitative estimate of drug-likeness (QED) is 0.768. The number of aliphatic carboxylic acids is 1. The number of carbonyl (C=O) groups is 1. The summed E-state index contributed by atoms with van der Waals surface area (Å²) < 4.78 is 5.40. The number of methoxy groups -OCH3 is 1. The number of amidine groups is 1. The molecule has 1 aromatic heterocycles. The summed E-state index contributed by atoms with van der Waals surface area (Å²) in [7, 11) is 1.66. The third-order valence-electron chi connectivity index (χ3n) is 5.65. The molecule has 2 N–H and O–H groups in total. The number of benzene rings is 1. The Morgan fingerprint density at radius 2 is 2.00 bits per heavy atom. The van der Waals surface area contributed by atoms with Crippen molar-refractivity contribution < 1.29 is 14.6 Å². The summed E-state index contributed by atoms with van der Waals surface area (Å²) in [5.74, 6) is 0.986. The van der Waals surface area contributed by atoms with Crippen molar-refractivity contribution in [1.82, 2.24) is 9.80 Å². The zero-order chi connectivity index (χ0) is 21.5. The first-order valence-corrected chi connectivity index (χ1v) is 10.9. The number of thiophene rings is 1. The van der Waals surface area contributed by atoms with Crippen molar-refractivity contribution in [3.05, 3.63) is 34.7 Å². The van der Waals surface area contributed by atoms with Gasteiger partial charge in [-0.3, -0.25) is 9.69 Å². The molecular weight excluding hydrogens is 400 g/mol. The molecule has 1 saturated heterocycles. The molecule has 0 atom stereocenters. The van der Waals surface area contributed by atoms with Crippen LogP contribution in [-0.4, -0.2) is 66.5 Å². The number of hydrogen-bond acceptors (Lipinski definition) is 7. The molecule has 0 amide bonds. The van der Waals surface area contributed by atoms with E-state index in [1.807, 2.05) is 18.2 Å². The lowest BCUT2D eigenvalue weighted by Crippen LogP contribution is -2.52. The number of nitrogens with one attached hydrogen (secondary N) is 1. The lowest BCUT2D eigenvalue weighted by molar-refractivity contribution is -0.148. The van der Waals surface area contributed by atoms with Crippen LogP contribution in [0, 0.1) is 12.3 Å². The maximum absolute atomic E-state index is 11.5. The van der Waals surface area contributed by atoms with Crippen LogP contribution >= 0.6 is 11.3 Å². The molecule has 2 aliphatic heterocycles. The van der Waals surface area contributed by atoms with Gasteiger partial charge in [0.25, 0.3) is 0 Å². The largest absolute Gasteiger partial charge is 0.497 e. The van der Waals surface area contributed by atoms with Crippen LogP contribution in [0.2, 0.25) is 0 Å². The first-order valence-electron chi connectivity index (χ1n) is 10.1. The molecule has 0 saturated carbocycles. The molecule has 30 heavy (non-hydrogen) atoms. The summed E-state index contributed by atoms with van der Waals surface area (Å²) in [5, 5.41) is 14.1. The van der Waals surface area contributed by atoms with E-state index in [0.717, 1.165) is 59.7 Å². The Balaban J connectivity index is 1.60. The van der Waals surface area contributed by atoms with Crippen LogP contribution in [0.15, 0.2) is 29.3 Å². The van der Waals surface area contributed by atoms with Gasteiger partial charge < -0.3 is 20.1 Å². The standard InChI is InChI=1S/C22H28N4O3S/c1-14-11-16-19(26-9-7-25(8-10-26)13-22(2,3)21(27)28)23-18-12-15(29-4)5-6-17(18)24-20(16)30-14/h5-6,11-12,24H,7-10,13H2,1-4H3,(H,27,28). The van der Waals surface area contributed by atoms with E-state index < -0.39 is 11.4 Å². The molecule has 3 heterocycles. The van der Waals surface area contributed by atoms with Gasteiger partial charge in [0, 0.05) is 43.7 Å². The maximum atomic E-state index is 11.5. The number of fused-ring (bicyclic) bond motifs is 2. The van der Waals surface area contributed by atoms with Crippen molar-refractivity contribution in [2.24, 2.45) is 10.4 Å². The van der Waals surface area contributed by atoms with E-state index in [4.69, 9.17) is 9.73 Å². The molecule has 160 valence electrons. The third-order valence-corrected chi connectivity index (χ3v) is 6.61. The molecular formula is C22H28N4O3S. The molecule has 0 bridgehead atoms. The fourth-order valence-corrected chi connectivity index (χ4v) is 4.81. The molecule has 8 heteroatoms. The predicted octanol–water partition coefficient (Wildman–Crippen LogP) is 3.93. The number of aliphatic imine (C=N–C) groups is 1. The molecule has 0 unspecified atom stereocenters. The smallest absolute Gasteiger partial charge is 0.310 e. The number of aryl methyl sites for hydroxylation is 1. The van der Waals surface area contributed by atoms with Crippen LogP contribution in [0.1, 0.15) is 24.3 Å². The number of ether oxygens (including phenoxy) is 1. The van der Waals surface area contributed by atoms with Crippen LogP contribution in [0.25, 0.3) is 0 Å². The van der Waals surface area contributed by atoms with Crippen molar-refractivity contribution in [3.63, 3.8) is 0 Å². The fraction of sp³-hybridized carbons (Fsp3) is 0.455. The zero-order valence-electron chi connectivity index (χ0n) is 17.9. The first-order chi connectivity index (χ1) is 14.3. The molecule has 0 aliphatic carbocycles. The monoisotopic (exact) mass is 428 g/mol. The van der Waals surface area contributed by atoms with E-state index in [9.17, 15) is 9.90 Å². The van der Waals surface area contributed by atoms with Gasteiger partial charge in [0.15, 0.2) is 0 Å². The van der Waals surface area contributed by atoms with E-state index in [1.54, 1.807) is 32.3 Å². The van der Waals surface area contributed by atoms with E-state index in [-0.39, 0.29) is 0 Å². The SMILES string of the molecule is COc1ccc2c(c1)N=C(N1CCN(CC(C)(C)C(=O)O)CC1)c1cc(C)sc1N2. The van der Waals surface area contributed by atoms with Crippen LogP contribution in [-0.2, 0) is 4.79 Å². The van der Waals surface area contributed by atoms with Gasteiger partial charge in [-0.05, 0) is 39.0 Å². The normalized spacial score (nSPS) is 16.8. The Labute approximate surface area is 181 Å². The highest BCUT2D eigenvalue weighted by Crippen LogP contribution is 2.40. The summed E-state index contributed by atoms with van der Waals surface area (Å²) in [4.78, 5) is 22.3. The molecule has 1 fully saturated rings. The number of piperazine rings is 1. The third kappa shape index (κ3) is 4.02. The van der Waals surface area contributed by atoms with Crippen LogP contribution in [0.5, 0.6) is 5.75 Å². The van der Waals surface area contributed by atoms with Gasteiger partial charge in [-0.25, -0.2) is 4.99 Å². The summed E-state index contributed by atoms with van der Waals surface area (Å²) in [6, 6.07) is 8.09. The van der Waals surface area contributed by atoms with Gasteiger partial charge in [-0.1, -0.05) is 0 Å². The van der Waals surface area contributed by atoms with Gasteiger partial charge in [-0.2, -0.15) is 0 Å². The fourth-order valence-electron chi connectivity index (χ4n) is 3.89. The van der Waals surface area contributed by atoms with Crippen LogP contribution in [0.3, 0.4) is 0 Å². The van der Waals surface area contributed by atoms with Crippen molar-refractivity contribution in [2.45, 2.75) is 20.8 Å². The summed E-state index contributed by atoms with van der Waals surface area (Å²) in [6.45, 7) is 9.47. The molecule has 1 aromatic carbocycles. The molecule has 4 rings (SSSR count). The molecule has 7 nitrogen and oxygen atoms in total. The Kier molecular flexibility index (Phi) is 5.46. The Hall–Kier alpha value is -2.58. The van der Waals surface area contributed by atoms with Crippen molar-refractivity contribution >= 4 is 39.5 Å². The average molecular weight is 429 g/mol. The highest BCUT2D eigenvalue weighted by Gasteiger charge is 2.32. The summed E-state index contributed by atoms with van der Waals surface area (Å²) in [6.07, 6.45) is 0. The van der Waals surface area contributed by atoms with Crippen molar-refractivity contribution in [1.29, 1.82) is 0 Å². The van der Waals surface area contributed by atoms with Crippen LogP contribution in [0.4, 0.5) is 16.4 Å². The van der Waals surface area contributed by atoms with Gasteiger partial charge in [0.05, 0.1) is 29.5 Å². The van der Waals surface area contributed by atoms with Gasteiger partial charge >= 0.3 is 5.97 Å². The Morgan fingerprint density at radius 3 is 2.67 bits per heavy atom. The first kappa shape index (κ1) is 20.7. The Bertz CT molecular complexity index is 990. The number of carboxylic acids is 1. The number of carboxylic acid groups (broad SMARTS) is 1. The Morgan fingerprint density at radius 1 is 1.27 bits per heavy atom. The molecule has 0 spiro atoms. The van der Waals surface area contributed by atoms with Crippen molar-refractivity contribution in [2.75, 3.05) is 45.2 Å². The van der Waals surface area contributed by atoms with Gasteiger partial charge in [-0.15, -0.1) is 11.3 Å². The van der Waals surface area contributed by atoms with E-state index in [0.29, 0.717) is 6.54 Å². The summed E-state index contributed by atoms with van der Waals surface area (Å²) >= 11 is 1.73. The van der Waals surface area contributed by atoms with Crippen molar-refractivity contribution in [3.8, 4) is 5.75 Å². The van der Waals surface area contributed by atoms with Gasteiger partial charge in [0.1, 0.15) is 16.6 Å². The maximum Gasteiger partial charge on any atom is 0.310 e. The second-order valence-corrected chi connectivity index (χ2v) is 9.75. The second-order valence-electron chi connectivity index (χ2n) is 8.50.